The van der Waals surface area contributed by atoms with Gasteiger partial charge in [-0.2, -0.15) is 0 Å². The standard InChI is InChI=1S/C13H15BrN2O3/c14-8-1-2-9-10(7-8)19-13(3-5-18-6-4-13)11(15)12(17)16-9/h1-2,7,11H,3-6,15H2,(H,16,17). The Hall–Kier alpha value is -1.11. The smallest absolute Gasteiger partial charge is 0.245 e. The van der Waals surface area contributed by atoms with Gasteiger partial charge in [0, 0.05) is 17.3 Å². The van der Waals surface area contributed by atoms with E-state index in [1.807, 2.05) is 18.2 Å². The number of amides is 1. The first-order chi connectivity index (χ1) is 9.11. The van der Waals surface area contributed by atoms with Crippen molar-refractivity contribution in [1.82, 2.24) is 0 Å². The summed E-state index contributed by atoms with van der Waals surface area (Å²) in [6.07, 6.45) is 1.24. The van der Waals surface area contributed by atoms with Gasteiger partial charge in [0.05, 0.1) is 18.9 Å². The van der Waals surface area contributed by atoms with Crippen LogP contribution < -0.4 is 15.8 Å². The molecule has 1 unspecified atom stereocenters. The van der Waals surface area contributed by atoms with Gasteiger partial charge in [-0.3, -0.25) is 4.79 Å². The van der Waals surface area contributed by atoms with Crippen LogP contribution in [0.5, 0.6) is 5.75 Å². The summed E-state index contributed by atoms with van der Waals surface area (Å²) < 4.78 is 12.4. The number of ether oxygens (including phenoxy) is 2. The normalized spacial score (nSPS) is 25.2. The molecule has 1 fully saturated rings. The van der Waals surface area contributed by atoms with Crippen LogP contribution in [0, 0.1) is 0 Å². The molecule has 3 rings (SSSR count). The molecule has 0 aliphatic carbocycles. The predicted molar refractivity (Wildman–Crippen MR) is 74.2 cm³/mol. The summed E-state index contributed by atoms with van der Waals surface area (Å²) in [7, 11) is 0. The van der Waals surface area contributed by atoms with E-state index in [0.29, 0.717) is 37.5 Å². The molecule has 1 atom stereocenters. The van der Waals surface area contributed by atoms with Crippen LogP contribution in [0.1, 0.15) is 12.8 Å². The molecular weight excluding hydrogens is 312 g/mol. The van der Waals surface area contributed by atoms with Crippen molar-refractivity contribution in [1.29, 1.82) is 0 Å². The Morgan fingerprint density at radius 2 is 2.11 bits per heavy atom. The lowest BCUT2D eigenvalue weighted by atomic mass is 9.86. The Kier molecular flexibility index (Phi) is 3.24. The van der Waals surface area contributed by atoms with E-state index in [2.05, 4.69) is 21.2 Å². The number of carbonyl (C=O) groups is 1. The maximum atomic E-state index is 12.2. The highest BCUT2D eigenvalue weighted by molar-refractivity contribution is 9.10. The molecule has 5 nitrogen and oxygen atoms in total. The van der Waals surface area contributed by atoms with E-state index in [0.717, 1.165) is 4.47 Å². The Bertz CT molecular complexity index is 515. The van der Waals surface area contributed by atoms with E-state index >= 15 is 0 Å². The first-order valence-corrected chi connectivity index (χ1v) is 7.03. The molecule has 0 bridgehead atoms. The minimum absolute atomic E-state index is 0.206. The SMILES string of the molecule is NC1C(=O)Nc2ccc(Br)cc2OC12CCOCC2. The minimum Gasteiger partial charge on any atom is -0.483 e. The molecule has 6 heteroatoms. The number of benzene rings is 1. The van der Waals surface area contributed by atoms with Crippen molar-refractivity contribution in [2.75, 3.05) is 18.5 Å². The third-order valence-electron chi connectivity index (χ3n) is 3.70. The summed E-state index contributed by atoms with van der Waals surface area (Å²) in [6.45, 7) is 1.12. The largest absolute Gasteiger partial charge is 0.483 e. The zero-order valence-corrected chi connectivity index (χ0v) is 11.9. The first-order valence-electron chi connectivity index (χ1n) is 6.23. The number of hydrogen-bond acceptors (Lipinski definition) is 4. The second kappa shape index (κ2) is 4.77. The molecule has 19 heavy (non-hydrogen) atoms. The fourth-order valence-corrected chi connectivity index (χ4v) is 2.89. The zero-order chi connectivity index (χ0) is 13.5. The van der Waals surface area contributed by atoms with Crippen molar-refractivity contribution in [2.45, 2.75) is 24.5 Å². The summed E-state index contributed by atoms with van der Waals surface area (Å²) in [5, 5.41) is 2.82. The van der Waals surface area contributed by atoms with Crippen LogP contribution in [-0.2, 0) is 9.53 Å². The molecule has 1 aromatic carbocycles. The number of nitrogens with two attached hydrogens (primary N) is 1. The van der Waals surface area contributed by atoms with Crippen molar-refractivity contribution in [3.8, 4) is 5.75 Å². The van der Waals surface area contributed by atoms with Gasteiger partial charge >= 0.3 is 0 Å². The van der Waals surface area contributed by atoms with Gasteiger partial charge in [-0.1, -0.05) is 15.9 Å². The monoisotopic (exact) mass is 326 g/mol. The van der Waals surface area contributed by atoms with Crippen LogP contribution in [0.2, 0.25) is 0 Å². The molecule has 102 valence electrons. The van der Waals surface area contributed by atoms with Crippen LogP contribution >= 0.6 is 15.9 Å². The van der Waals surface area contributed by atoms with E-state index in [-0.39, 0.29) is 5.91 Å². The second-order valence-corrected chi connectivity index (χ2v) is 5.80. The number of nitrogens with one attached hydrogen (secondary N) is 1. The maximum absolute atomic E-state index is 12.2. The van der Waals surface area contributed by atoms with Crippen molar-refractivity contribution in [3.63, 3.8) is 0 Å². The number of fused-ring (bicyclic) bond motifs is 1. The number of halogens is 1. The van der Waals surface area contributed by atoms with E-state index < -0.39 is 11.6 Å². The Morgan fingerprint density at radius 1 is 1.37 bits per heavy atom. The highest BCUT2D eigenvalue weighted by Crippen LogP contribution is 2.38. The van der Waals surface area contributed by atoms with Crippen LogP contribution in [0.4, 0.5) is 5.69 Å². The van der Waals surface area contributed by atoms with Gasteiger partial charge in [0.1, 0.15) is 17.4 Å². The average molecular weight is 327 g/mol. The lowest BCUT2D eigenvalue weighted by molar-refractivity contribution is -0.125. The Labute approximate surface area is 119 Å². The molecule has 2 aliphatic heterocycles. The van der Waals surface area contributed by atoms with E-state index in [1.165, 1.54) is 0 Å². The molecule has 1 spiro atoms. The zero-order valence-electron chi connectivity index (χ0n) is 10.3. The summed E-state index contributed by atoms with van der Waals surface area (Å²) in [5.41, 5.74) is 6.09. The van der Waals surface area contributed by atoms with Crippen molar-refractivity contribution >= 4 is 27.5 Å². The van der Waals surface area contributed by atoms with Crippen LogP contribution in [0.15, 0.2) is 22.7 Å². The minimum atomic E-state index is -0.692. The van der Waals surface area contributed by atoms with E-state index in [9.17, 15) is 4.79 Å². The molecule has 1 saturated heterocycles. The fourth-order valence-electron chi connectivity index (χ4n) is 2.55. The van der Waals surface area contributed by atoms with Crippen LogP contribution in [0.3, 0.4) is 0 Å². The van der Waals surface area contributed by atoms with Crippen LogP contribution in [0.25, 0.3) is 0 Å². The second-order valence-electron chi connectivity index (χ2n) is 4.89. The number of hydrogen-bond donors (Lipinski definition) is 2. The molecule has 3 N–H and O–H groups in total. The van der Waals surface area contributed by atoms with E-state index in [4.69, 9.17) is 15.2 Å². The van der Waals surface area contributed by atoms with Gasteiger partial charge in [-0.05, 0) is 18.2 Å². The third kappa shape index (κ3) is 2.24. The lowest BCUT2D eigenvalue weighted by Gasteiger charge is -2.39. The molecule has 2 heterocycles. The van der Waals surface area contributed by atoms with Crippen LogP contribution in [-0.4, -0.2) is 30.8 Å². The molecule has 0 aromatic heterocycles. The summed E-state index contributed by atoms with van der Waals surface area (Å²) >= 11 is 3.41. The molecular formula is C13H15BrN2O3. The van der Waals surface area contributed by atoms with Gasteiger partial charge in [-0.15, -0.1) is 0 Å². The highest BCUT2D eigenvalue weighted by Gasteiger charge is 2.46. The lowest BCUT2D eigenvalue weighted by Crippen LogP contribution is -2.59. The van der Waals surface area contributed by atoms with Gasteiger partial charge in [0.15, 0.2) is 0 Å². The van der Waals surface area contributed by atoms with E-state index in [1.54, 1.807) is 0 Å². The Balaban J connectivity index is 2.04. The number of anilines is 1. The quantitative estimate of drug-likeness (QED) is 0.760. The summed E-state index contributed by atoms with van der Waals surface area (Å²) in [4.78, 5) is 12.2. The predicted octanol–water partition coefficient (Wildman–Crippen LogP) is 1.66. The van der Waals surface area contributed by atoms with Crippen molar-refractivity contribution in [3.05, 3.63) is 22.7 Å². The highest BCUT2D eigenvalue weighted by atomic mass is 79.9. The van der Waals surface area contributed by atoms with Crippen molar-refractivity contribution < 1.29 is 14.3 Å². The third-order valence-corrected chi connectivity index (χ3v) is 4.20. The van der Waals surface area contributed by atoms with Gasteiger partial charge in [0.25, 0.3) is 0 Å². The Morgan fingerprint density at radius 3 is 2.84 bits per heavy atom. The number of carbonyl (C=O) groups excluding carboxylic acids is 1. The molecule has 1 amide bonds. The summed E-state index contributed by atoms with van der Waals surface area (Å²) in [5.74, 6) is 0.445. The van der Waals surface area contributed by atoms with Gasteiger partial charge in [-0.25, -0.2) is 0 Å². The first kappa shape index (κ1) is 12.9. The van der Waals surface area contributed by atoms with Gasteiger partial charge in [0.2, 0.25) is 5.91 Å². The average Bonchev–Trinajstić information content (AvgIpc) is 2.50. The fraction of sp³-hybridized carbons (Fsp3) is 0.462. The summed E-state index contributed by atoms with van der Waals surface area (Å²) in [6, 6.07) is 4.83. The number of rotatable bonds is 0. The molecule has 0 radical (unpaired) electrons. The van der Waals surface area contributed by atoms with Crippen molar-refractivity contribution in [2.24, 2.45) is 5.73 Å². The molecule has 0 saturated carbocycles. The van der Waals surface area contributed by atoms with Gasteiger partial charge < -0.3 is 20.5 Å². The maximum Gasteiger partial charge on any atom is 0.245 e. The topological polar surface area (TPSA) is 73.6 Å². The molecule has 1 aromatic rings. The molecule has 2 aliphatic rings.